The molecule has 2 N–H and O–H groups in total. The number of ether oxygens (including phenoxy) is 2. The van der Waals surface area contributed by atoms with Crippen LogP contribution >= 0.6 is 0 Å². The Morgan fingerprint density at radius 2 is 1.94 bits per heavy atom. The second-order valence-electron chi connectivity index (χ2n) is 8.62. The molecule has 180 valence electrons. The maximum Gasteiger partial charge on any atom is 0.310 e. The van der Waals surface area contributed by atoms with Crippen molar-refractivity contribution in [2.75, 3.05) is 25.1 Å². The van der Waals surface area contributed by atoms with E-state index in [0.717, 1.165) is 22.2 Å². The first-order valence-electron chi connectivity index (χ1n) is 11.6. The molecule has 5 rings (SSSR count). The van der Waals surface area contributed by atoms with Crippen LogP contribution in [0.5, 0.6) is 5.75 Å². The quantitative estimate of drug-likeness (QED) is 0.379. The van der Waals surface area contributed by atoms with E-state index in [2.05, 4.69) is 4.90 Å². The Morgan fingerprint density at radius 3 is 2.74 bits per heavy atom. The molecule has 1 aliphatic heterocycles. The summed E-state index contributed by atoms with van der Waals surface area (Å²) in [5.74, 6) is 0.00434. The number of nitrogens with two attached hydrogens (primary N) is 1. The molecule has 0 bridgehead atoms. The van der Waals surface area contributed by atoms with E-state index in [1.54, 1.807) is 31.4 Å². The van der Waals surface area contributed by atoms with Gasteiger partial charge in [0.2, 0.25) is 0 Å². The normalized spacial score (nSPS) is 15.1. The standard InChI is InChI=1S/C28H27FN2O4/c1-3-33-25(32)14-17-6-5-9-23-28(17)35-24(16-31(23)2)20-12-18-10-11-34-27(18)22(13-20)21-8-4-7-19(15-30)26(21)29/h4-13,24H,3,14-16,30H2,1-2H3/t24-/m0/s1. The van der Waals surface area contributed by atoms with E-state index in [-0.39, 0.29) is 30.9 Å². The van der Waals surface area contributed by atoms with Crippen LogP contribution in [0.2, 0.25) is 0 Å². The van der Waals surface area contributed by atoms with Crippen molar-refractivity contribution >= 4 is 22.6 Å². The molecule has 0 radical (unpaired) electrons. The van der Waals surface area contributed by atoms with E-state index in [9.17, 15) is 4.79 Å². The minimum absolute atomic E-state index is 0.108. The molecule has 3 aromatic carbocycles. The highest BCUT2D eigenvalue weighted by molar-refractivity contribution is 5.93. The molecule has 1 aliphatic rings. The molecule has 0 aliphatic carbocycles. The van der Waals surface area contributed by atoms with Crippen molar-refractivity contribution in [2.45, 2.75) is 26.0 Å². The molecular formula is C28H27FN2O4. The van der Waals surface area contributed by atoms with Gasteiger partial charge in [0, 0.05) is 41.2 Å². The number of fused-ring (bicyclic) bond motifs is 2. The number of rotatable bonds is 6. The van der Waals surface area contributed by atoms with Crippen molar-refractivity contribution in [1.29, 1.82) is 0 Å². The summed E-state index contributed by atoms with van der Waals surface area (Å²) >= 11 is 0. The average molecular weight is 475 g/mol. The van der Waals surface area contributed by atoms with Gasteiger partial charge in [0.15, 0.2) is 0 Å². The second-order valence-corrected chi connectivity index (χ2v) is 8.62. The maximum atomic E-state index is 15.3. The van der Waals surface area contributed by atoms with Crippen molar-refractivity contribution in [3.8, 4) is 16.9 Å². The van der Waals surface area contributed by atoms with Crippen LogP contribution in [0.25, 0.3) is 22.1 Å². The predicted octanol–water partition coefficient (Wildman–Crippen LogP) is 5.37. The largest absolute Gasteiger partial charge is 0.481 e. The van der Waals surface area contributed by atoms with Crippen LogP contribution < -0.4 is 15.4 Å². The van der Waals surface area contributed by atoms with E-state index in [0.29, 0.717) is 41.2 Å². The molecular weight excluding hydrogens is 447 g/mol. The number of carbonyl (C=O) groups is 1. The molecule has 0 fully saturated rings. The van der Waals surface area contributed by atoms with E-state index in [1.165, 1.54) is 0 Å². The van der Waals surface area contributed by atoms with Crippen molar-refractivity contribution in [1.82, 2.24) is 0 Å². The number of likely N-dealkylation sites (N-methyl/N-ethyl adjacent to an activating group) is 1. The summed E-state index contributed by atoms with van der Waals surface area (Å²) in [6.07, 6.45) is 1.39. The smallest absolute Gasteiger partial charge is 0.310 e. The fourth-order valence-electron chi connectivity index (χ4n) is 4.65. The Labute approximate surface area is 203 Å². The van der Waals surface area contributed by atoms with E-state index in [1.807, 2.05) is 43.4 Å². The Balaban J connectivity index is 1.57. The van der Waals surface area contributed by atoms with Crippen molar-refractivity contribution < 1.29 is 23.1 Å². The molecule has 2 heterocycles. The van der Waals surface area contributed by atoms with Gasteiger partial charge in [-0.05, 0) is 36.8 Å². The van der Waals surface area contributed by atoms with Crippen molar-refractivity contribution in [3.05, 3.63) is 83.4 Å². The molecule has 6 nitrogen and oxygen atoms in total. The van der Waals surface area contributed by atoms with Crippen molar-refractivity contribution in [2.24, 2.45) is 5.73 Å². The SMILES string of the molecule is CCOC(=O)Cc1cccc2c1O[C@H](c1cc(-c3cccc(CN)c3F)c3occc3c1)CN2C. The molecule has 35 heavy (non-hydrogen) atoms. The minimum Gasteiger partial charge on any atom is -0.481 e. The molecule has 4 aromatic rings. The van der Waals surface area contributed by atoms with Crippen LogP contribution in [0.4, 0.5) is 10.1 Å². The first-order chi connectivity index (χ1) is 17.0. The number of nitrogens with zero attached hydrogens (tertiary/aromatic N) is 1. The number of carbonyl (C=O) groups excluding carboxylic acids is 1. The van der Waals surface area contributed by atoms with Crippen LogP contribution in [0, 0.1) is 5.82 Å². The lowest BCUT2D eigenvalue weighted by atomic mass is 9.95. The third kappa shape index (κ3) is 4.23. The molecule has 0 unspecified atom stereocenters. The number of furan rings is 1. The number of hydrogen-bond donors (Lipinski definition) is 1. The lowest BCUT2D eigenvalue weighted by Crippen LogP contribution is -2.32. The van der Waals surface area contributed by atoms with Crippen LogP contribution in [0.15, 0.2) is 65.3 Å². The summed E-state index contributed by atoms with van der Waals surface area (Å²) in [6.45, 7) is 2.81. The predicted molar refractivity (Wildman–Crippen MR) is 133 cm³/mol. The fraction of sp³-hybridized carbons (Fsp3) is 0.250. The zero-order chi connectivity index (χ0) is 24.5. The third-order valence-corrected chi connectivity index (χ3v) is 6.36. The summed E-state index contributed by atoms with van der Waals surface area (Å²) in [5, 5.41) is 0.854. The van der Waals surface area contributed by atoms with Crippen molar-refractivity contribution in [3.63, 3.8) is 0 Å². The van der Waals surface area contributed by atoms with E-state index >= 15 is 4.39 Å². The highest BCUT2D eigenvalue weighted by atomic mass is 19.1. The number of hydrogen-bond acceptors (Lipinski definition) is 6. The summed E-state index contributed by atoms with van der Waals surface area (Å²) in [6, 6.07) is 16.8. The maximum absolute atomic E-state index is 15.3. The number of halogens is 1. The van der Waals surface area contributed by atoms with Gasteiger partial charge in [-0.15, -0.1) is 0 Å². The van der Waals surface area contributed by atoms with E-state index in [4.69, 9.17) is 19.6 Å². The van der Waals surface area contributed by atoms with Crippen LogP contribution in [-0.4, -0.2) is 26.2 Å². The van der Waals surface area contributed by atoms with Gasteiger partial charge in [-0.3, -0.25) is 4.79 Å². The summed E-state index contributed by atoms with van der Waals surface area (Å²) in [4.78, 5) is 14.3. The highest BCUT2D eigenvalue weighted by Crippen LogP contribution is 2.42. The third-order valence-electron chi connectivity index (χ3n) is 6.36. The first-order valence-corrected chi connectivity index (χ1v) is 11.6. The Kier molecular flexibility index (Phi) is 6.17. The summed E-state index contributed by atoms with van der Waals surface area (Å²) in [5.41, 5.74) is 10.4. The molecule has 0 saturated heterocycles. The lowest BCUT2D eigenvalue weighted by Gasteiger charge is -2.35. The zero-order valence-electron chi connectivity index (χ0n) is 19.7. The Morgan fingerprint density at radius 1 is 1.14 bits per heavy atom. The summed E-state index contributed by atoms with van der Waals surface area (Å²) < 4.78 is 32.6. The molecule has 7 heteroatoms. The number of benzene rings is 3. The fourth-order valence-corrected chi connectivity index (χ4v) is 4.65. The van der Waals surface area contributed by atoms with Gasteiger partial charge in [-0.2, -0.15) is 0 Å². The monoisotopic (exact) mass is 474 g/mol. The van der Waals surface area contributed by atoms with Gasteiger partial charge < -0.3 is 24.5 Å². The molecule has 0 saturated carbocycles. The van der Waals surface area contributed by atoms with Crippen LogP contribution in [0.3, 0.4) is 0 Å². The topological polar surface area (TPSA) is 77.9 Å². The Bertz CT molecular complexity index is 1400. The lowest BCUT2D eigenvalue weighted by molar-refractivity contribution is -0.142. The van der Waals surface area contributed by atoms with Gasteiger partial charge >= 0.3 is 5.97 Å². The Hall–Kier alpha value is -3.84. The molecule has 1 aromatic heterocycles. The molecule has 0 amide bonds. The van der Waals surface area contributed by atoms with Crippen LogP contribution in [-0.2, 0) is 22.5 Å². The molecule has 0 spiro atoms. The van der Waals surface area contributed by atoms with Gasteiger partial charge in [0.05, 0.1) is 31.5 Å². The second kappa shape index (κ2) is 9.43. The zero-order valence-corrected chi connectivity index (χ0v) is 19.7. The number of anilines is 1. The first kappa shape index (κ1) is 22.9. The van der Waals surface area contributed by atoms with Gasteiger partial charge in [-0.25, -0.2) is 4.39 Å². The summed E-state index contributed by atoms with van der Waals surface area (Å²) in [7, 11) is 1.99. The van der Waals surface area contributed by atoms with Gasteiger partial charge in [0.25, 0.3) is 0 Å². The number of esters is 1. The van der Waals surface area contributed by atoms with Gasteiger partial charge in [0.1, 0.15) is 23.3 Å². The van der Waals surface area contributed by atoms with Gasteiger partial charge in [-0.1, -0.05) is 30.3 Å². The highest BCUT2D eigenvalue weighted by Gasteiger charge is 2.29. The van der Waals surface area contributed by atoms with Crippen LogP contribution in [0.1, 0.15) is 29.7 Å². The minimum atomic E-state index is -0.353. The number of para-hydroxylation sites is 1. The molecule has 1 atom stereocenters. The average Bonchev–Trinajstić information content (AvgIpc) is 3.33. The van der Waals surface area contributed by atoms with E-state index < -0.39 is 0 Å².